The molecule has 0 spiro atoms. The first kappa shape index (κ1) is 13.5. The van der Waals surface area contributed by atoms with E-state index in [4.69, 9.17) is 0 Å². The number of nitrogens with zero attached hydrogens (tertiary/aromatic N) is 1. The summed E-state index contributed by atoms with van der Waals surface area (Å²) in [5.41, 5.74) is 1.27. The molecule has 0 aliphatic heterocycles. The molecule has 0 saturated carbocycles. The molecule has 1 aromatic heterocycles. The molecule has 1 N–H and O–H groups in total. The van der Waals surface area contributed by atoms with E-state index in [2.05, 4.69) is 43.2 Å². The molecule has 0 fully saturated rings. The maximum absolute atomic E-state index is 4.48. The van der Waals surface area contributed by atoms with E-state index < -0.39 is 0 Å². The van der Waals surface area contributed by atoms with Gasteiger partial charge in [-0.1, -0.05) is 26.3 Å². The van der Waals surface area contributed by atoms with Gasteiger partial charge in [-0.25, -0.2) is 4.98 Å². The van der Waals surface area contributed by atoms with Crippen molar-refractivity contribution in [2.24, 2.45) is 0 Å². The number of nitrogens with one attached hydrogen (secondary N) is 1. The summed E-state index contributed by atoms with van der Waals surface area (Å²) in [4.78, 5) is 4.48. The molecule has 16 heavy (non-hydrogen) atoms. The Morgan fingerprint density at radius 2 is 2.19 bits per heavy atom. The van der Waals surface area contributed by atoms with Crippen molar-refractivity contribution in [1.82, 2.24) is 10.3 Å². The van der Waals surface area contributed by atoms with Crippen LogP contribution in [0, 0.1) is 0 Å². The van der Waals surface area contributed by atoms with Crippen LogP contribution in [0.15, 0.2) is 23.4 Å². The molecular formula is C13H22N2S. The average Bonchev–Trinajstić information content (AvgIpc) is 2.30. The van der Waals surface area contributed by atoms with E-state index in [9.17, 15) is 0 Å². The minimum atomic E-state index is 0.396. The molecule has 90 valence electrons. The van der Waals surface area contributed by atoms with E-state index in [0.29, 0.717) is 6.04 Å². The molecule has 1 heterocycles. The minimum Gasteiger partial charge on any atom is -0.310 e. The van der Waals surface area contributed by atoms with Gasteiger partial charge < -0.3 is 5.32 Å². The van der Waals surface area contributed by atoms with Crippen molar-refractivity contribution in [3.8, 4) is 0 Å². The topological polar surface area (TPSA) is 24.9 Å². The van der Waals surface area contributed by atoms with Crippen LogP contribution in [0.1, 0.15) is 45.2 Å². The highest BCUT2D eigenvalue weighted by atomic mass is 32.2. The van der Waals surface area contributed by atoms with Crippen LogP contribution in [0.2, 0.25) is 0 Å². The number of unbranched alkanes of at least 4 members (excludes halogenated alkanes) is 1. The predicted octanol–water partition coefficient (Wildman–Crippen LogP) is 3.64. The Kier molecular flexibility index (Phi) is 6.50. The van der Waals surface area contributed by atoms with E-state index in [-0.39, 0.29) is 0 Å². The third-order valence-corrected chi connectivity index (χ3v) is 3.55. The van der Waals surface area contributed by atoms with Crippen molar-refractivity contribution >= 4 is 11.8 Å². The molecule has 0 bridgehead atoms. The Morgan fingerprint density at radius 1 is 1.38 bits per heavy atom. The maximum Gasteiger partial charge on any atom is 0.0960 e. The molecule has 1 aromatic rings. The number of hydrogen-bond donors (Lipinski definition) is 1. The van der Waals surface area contributed by atoms with Crippen molar-refractivity contribution in [1.29, 1.82) is 0 Å². The van der Waals surface area contributed by atoms with Crippen LogP contribution in [0.25, 0.3) is 0 Å². The standard InChI is InChI=1S/C13H22N2S/c1-4-6-9-16-13-8-7-12(10-15-13)11(3)14-5-2/h7-8,10-11,14H,4-6,9H2,1-3H3. The highest BCUT2D eigenvalue weighted by molar-refractivity contribution is 7.99. The third-order valence-electron chi connectivity index (χ3n) is 2.52. The molecule has 0 aliphatic carbocycles. The fourth-order valence-electron chi connectivity index (χ4n) is 1.48. The number of thioether (sulfide) groups is 1. The van der Waals surface area contributed by atoms with Gasteiger partial charge in [-0.05, 0) is 37.3 Å². The summed E-state index contributed by atoms with van der Waals surface area (Å²) in [5, 5.41) is 4.53. The fraction of sp³-hybridized carbons (Fsp3) is 0.615. The SMILES string of the molecule is CCCCSc1ccc(C(C)NCC)cn1. The zero-order chi connectivity index (χ0) is 11.8. The van der Waals surface area contributed by atoms with Crippen molar-refractivity contribution in [2.45, 2.75) is 44.7 Å². The van der Waals surface area contributed by atoms with E-state index in [0.717, 1.165) is 11.6 Å². The van der Waals surface area contributed by atoms with E-state index in [1.165, 1.54) is 24.2 Å². The fourth-order valence-corrected chi connectivity index (χ4v) is 2.41. The Hall–Kier alpha value is -0.540. The quantitative estimate of drug-likeness (QED) is 0.580. The van der Waals surface area contributed by atoms with Gasteiger partial charge in [-0.2, -0.15) is 0 Å². The highest BCUT2D eigenvalue weighted by Crippen LogP contribution is 2.19. The van der Waals surface area contributed by atoms with Crippen LogP contribution in [0.4, 0.5) is 0 Å². The summed E-state index contributed by atoms with van der Waals surface area (Å²) in [6.07, 6.45) is 4.51. The second-order valence-corrected chi connectivity index (χ2v) is 5.03. The van der Waals surface area contributed by atoms with Crippen molar-refractivity contribution < 1.29 is 0 Å². The summed E-state index contributed by atoms with van der Waals surface area (Å²) in [6, 6.07) is 4.70. The third kappa shape index (κ3) is 4.54. The van der Waals surface area contributed by atoms with Gasteiger partial charge in [0.05, 0.1) is 5.03 Å². The summed E-state index contributed by atoms with van der Waals surface area (Å²) >= 11 is 1.85. The van der Waals surface area contributed by atoms with Crippen LogP contribution >= 0.6 is 11.8 Å². The molecule has 0 amide bonds. The molecule has 0 radical (unpaired) electrons. The monoisotopic (exact) mass is 238 g/mol. The van der Waals surface area contributed by atoms with E-state index in [1.807, 2.05) is 18.0 Å². The first-order valence-corrected chi connectivity index (χ1v) is 7.08. The Balaban J connectivity index is 2.47. The van der Waals surface area contributed by atoms with Crippen molar-refractivity contribution in [3.05, 3.63) is 23.9 Å². The number of hydrogen-bond acceptors (Lipinski definition) is 3. The molecule has 0 aliphatic rings. The molecule has 1 rings (SSSR count). The van der Waals surface area contributed by atoms with Gasteiger partial charge in [-0.15, -0.1) is 11.8 Å². The molecule has 1 unspecified atom stereocenters. The Morgan fingerprint density at radius 3 is 2.75 bits per heavy atom. The zero-order valence-electron chi connectivity index (χ0n) is 10.5. The molecule has 2 nitrogen and oxygen atoms in total. The van der Waals surface area contributed by atoms with Gasteiger partial charge >= 0.3 is 0 Å². The lowest BCUT2D eigenvalue weighted by Crippen LogP contribution is -2.17. The second-order valence-electron chi connectivity index (χ2n) is 3.91. The largest absolute Gasteiger partial charge is 0.310 e. The average molecular weight is 238 g/mol. The minimum absolute atomic E-state index is 0.396. The summed E-state index contributed by atoms with van der Waals surface area (Å²) < 4.78 is 0. The van der Waals surface area contributed by atoms with Crippen LogP contribution < -0.4 is 5.32 Å². The Bertz CT molecular complexity index is 284. The van der Waals surface area contributed by atoms with E-state index >= 15 is 0 Å². The second kappa shape index (κ2) is 7.69. The Labute approximate surface area is 103 Å². The number of pyridine rings is 1. The lowest BCUT2D eigenvalue weighted by molar-refractivity contribution is 0.595. The molecule has 3 heteroatoms. The predicted molar refractivity (Wildman–Crippen MR) is 72.0 cm³/mol. The highest BCUT2D eigenvalue weighted by Gasteiger charge is 2.03. The van der Waals surface area contributed by atoms with Gasteiger partial charge in [0.1, 0.15) is 0 Å². The van der Waals surface area contributed by atoms with Crippen LogP contribution in [-0.2, 0) is 0 Å². The lowest BCUT2D eigenvalue weighted by Gasteiger charge is -2.12. The number of aromatic nitrogens is 1. The zero-order valence-corrected chi connectivity index (χ0v) is 11.3. The van der Waals surface area contributed by atoms with Crippen molar-refractivity contribution in [2.75, 3.05) is 12.3 Å². The van der Waals surface area contributed by atoms with Gasteiger partial charge in [0.2, 0.25) is 0 Å². The van der Waals surface area contributed by atoms with E-state index in [1.54, 1.807) is 0 Å². The molecule has 0 saturated heterocycles. The maximum atomic E-state index is 4.48. The van der Waals surface area contributed by atoms with Crippen LogP contribution in [-0.4, -0.2) is 17.3 Å². The van der Waals surface area contributed by atoms with Gasteiger partial charge in [0, 0.05) is 12.2 Å². The smallest absolute Gasteiger partial charge is 0.0960 e. The summed E-state index contributed by atoms with van der Waals surface area (Å²) in [7, 11) is 0. The van der Waals surface area contributed by atoms with Gasteiger partial charge in [0.15, 0.2) is 0 Å². The lowest BCUT2D eigenvalue weighted by atomic mass is 10.1. The first-order valence-electron chi connectivity index (χ1n) is 6.10. The van der Waals surface area contributed by atoms with Crippen molar-refractivity contribution in [3.63, 3.8) is 0 Å². The van der Waals surface area contributed by atoms with Gasteiger partial charge in [-0.3, -0.25) is 0 Å². The molecule has 0 aromatic carbocycles. The number of rotatable bonds is 7. The molecule has 1 atom stereocenters. The first-order chi connectivity index (χ1) is 7.77. The van der Waals surface area contributed by atoms with Crippen LogP contribution in [0.5, 0.6) is 0 Å². The van der Waals surface area contributed by atoms with Crippen LogP contribution in [0.3, 0.4) is 0 Å². The summed E-state index contributed by atoms with van der Waals surface area (Å²) in [6.45, 7) is 7.51. The molecular weight excluding hydrogens is 216 g/mol. The van der Waals surface area contributed by atoms with Gasteiger partial charge in [0.25, 0.3) is 0 Å². The summed E-state index contributed by atoms with van der Waals surface area (Å²) in [5.74, 6) is 1.17. The normalized spacial score (nSPS) is 12.7.